The van der Waals surface area contributed by atoms with Gasteiger partial charge in [0.2, 0.25) is 0 Å². The number of nitrogens with one attached hydrogen (secondary N) is 1. The number of nitrogens with zero attached hydrogens (tertiary/aromatic N) is 4. The van der Waals surface area contributed by atoms with Crippen LogP contribution < -0.4 is 4.72 Å². The monoisotopic (exact) mass is 301 g/mol. The average Bonchev–Trinajstić information content (AvgIpc) is 2.85. The standard InChI is InChI=1S/C9H11N5O5S/c1-5-9(6(2)19-12-5)20(17,18)13-7-3-10-14(11-7)4-8(15)16/h3H,4H2,1-2H3,(H,11,13)(H,15,16). The Bertz CT molecular complexity index is 727. The van der Waals surface area contributed by atoms with Gasteiger partial charge in [-0.2, -0.15) is 9.90 Å². The topological polar surface area (TPSA) is 140 Å². The van der Waals surface area contributed by atoms with E-state index in [9.17, 15) is 13.2 Å². The van der Waals surface area contributed by atoms with E-state index in [1.54, 1.807) is 0 Å². The third kappa shape index (κ3) is 2.77. The van der Waals surface area contributed by atoms with Gasteiger partial charge in [-0.05, 0) is 13.8 Å². The lowest BCUT2D eigenvalue weighted by molar-refractivity contribution is -0.138. The predicted octanol–water partition coefficient (Wildman–Crippen LogP) is -0.232. The Kier molecular flexibility index (Phi) is 3.44. The van der Waals surface area contributed by atoms with E-state index in [1.807, 2.05) is 0 Å². The number of aryl methyl sites for hydroxylation is 2. The van der Waals surface area contributed by atoms with E-state index in [2.05, 4.69) is 20.1 Å². The van der Waals surface area contributed by atoms with Crippen LogP contribution in [0, 0.1) is 13.8 Å². The van der Waals surface area contributed by atoms with Gasteiger partial charge in [0.1, 0.15) is 5.69 Å². The summed E-state index contributed by atoms with van der Waals surface area (Å²) in [5.74, 6) is -1.08. The van der Waals surface area contributed by atoms with Crippen LogP contribution in [0.15, 0.2) is 15.6 Å². The molecule has 0 bridgehead atoms. The van der Waals surface area contributed by atoms with Crippen molar-refractivity contribution in [3.63, 3.8) is 0 Å². The highest BCUT2D eigenvalue weighted by atomic mass is 32.2. The molecule has 0 fully saturated rings. The van der Waals surface area contributed by atoms with Crippen molar-refractivity contribution in [1.82, 2.24) is 20.2 Å². The van der Waals surface area contributed by atoms with E-state index in [0.29, 0.717) is 0 Å². The summed E-state index contributed by atoms with van der Waals surface area (Å²) in [6.45, 7) is 2.50. The number of sulfonamides is 1. The second-order valence-electron chi connectivity index (χ2n) is 3.91. The third-order valence-corrected chi connectivity index (χ3v) is 3.89. The second-order valence-corrected chi connectivity index (χ2v) is 5.53. The van der Waals surface area contributed by atoms with Gasteiger partial charge < -0.3 is 9.63 Å². The maximum Gasteiger partial charge on any atom is 0.327 e. The second kappa shape index (κ2) is 4.92. The minimum absolute atomic E-state index is 0.0784. The van der Waals surface area contributed by atoms with Gasteiger partial charge in [-0.25, -0.2) is 8.42 Å². The van der Waals surface area contributed by atoms with Crippen molar-refractivity contribution in [2.24, 2.45) is 0 Å². The average molecular weight is 301 g/mol. The van der Waals surface area contributed by atoms with Crippen LogP contribution in [0.5, 0.6) is 0 Å². The highest BCUT2D eigenvalue weighted by Gasteiger charge is 2.25. The van der Waals surface area contributed by atoms with Gasteiger partial charge in [-0.3, -0.25) is 9.52 Å². The number of aromatic nitrogens is 4. The molecule has 11 heteroatoms. The largest absolute Gasteiger partial charge is 0.480 e. The fourth-order valence-electron chi connectivity index (χ4n) is 1.59. The third-order valence-electron chi connectivity index (χ3n) is 2.29. The van der Waals surface area contributed by atoms with Crippen molar-refractivity contribution >= 4 is 21.8 Å². The summed E-state index contributed by atoms with van der Waals surface area (Å²) in [5.41, 5.74) is 0.216. The zero-order valence-corrected chi connectivity index (χ0v) is 11.4. The van der Waals surface area contributed by atoms with Crippen LogP contribution in [0.2, 0.25) is 0 Å². The maximum atomic E-state index is 12.1. The Hall–Kier alpha value is -2.43. The van der Waals surface area contributed by atoms with E-state index in [4.69, 9.17) is 9.63 Å². The molecule has 0 unspecified atom stereocenters. The predicted molar refractivity (Wildman–Crippen MR) is 64.4 cm³/mol. The molecular formula is C9H11N5O5S. The Morgan fingerprint density at radius 3 is 2.75 bits per heavy atom. The first-order valence-corrected chi connectivity index (χ1v) is 6.85. The number of carbonyl (C=O) groups is 1. The molecule has 0 aliphatic heterocycles. The fraction of sp³-hybridized carbons (Fsp3) is 0.333. The van der Waals surface area contributed by atoms with E-state index < -0.39 is 22.5 Å². The molecule has 2 N–H and O–H groups in total. The van der Waals surface area contributed by atoms with Crippen molar-refractivity contribution in [2.45, 2.75) is 25.3 Å². The first-order valence-electron chi connectivity index (χ1n) is 5.37. The molecule has 0 atom stereocenters. The quantitative estimate of drug-likeness (QED) is 0.771. The maximum absolute atomic E-state index is 12.1. The molecule has 0 aliphatic rings. The van der Waals surface area contributed by atoms with Crippen LogP contribution in [0.4, 0.5) is 5.82 Å². The molecule has 2 rings (SSSR count). The number of rotatable bonds is 5. The summed E-state index contributed by atoms with van der Waals surface area (Å²) in [5, 5.41) is 19.4. The van der Waals surface area contributed by atoms with Crippen molar-refractivity contribution < 1.29 is 22.8 Å². The lowest BCUT2D eigenvalue weighted by Gasteiger charge is -2.03. The molecule has 2 aromatic heterocycles. The zero-order valence-electron chi connectivity index (χ0n) is 10.6. The van der Waals surface area contributed by atoms with Crippen LogP contribution in [-0.2, 0) is 21.4 Å². The van der Waals surface area contributed by atoms with Crippen molar-refractivity contribution in [3.05, 3.63) is 17.7 Å². The van der Waals surface area contributed by atoms with E-state index in [0.717, 1.165) is 11.0 Å². The Labute approximate surface area is 113 Å². The molecule has 0 radical (unpaired) electrons. The highest BCUT2D eigenvalue weighted by Crippen LogP contribution is 2.21. The summed E-state index contributed by atoms with van der Waals surface area (Å²) in [4.78, 5) is 11.3. The van der Waals surface area contributed by atoms with E-state index in [-0.39, 0.29) is 22.2 Å². The normalized spacial score (nSPS) is 11.5. The first kappa shape index (κ1) is 14.0. The molecule has 10 nitrogen and oxygen atoms in total. The minimum Gasteiger partial charge on any atom is -0.480 e. The molecule has 20 heavy (non-hydrogen) atoms. The van der Waals surface area contributed by atoms with Gasteiger partial charge in [0, 0.05) is 0 Å². The van der Waals surface area contributed by atoms with Crippen LogP contribution in [0.3, 0.4) is 0 Å². The molecule has 0 spiro atoms. The molecule has 2 heterocycles. The van der Waals surface area contributed by atoms with Gasteiger partial charge >= 0.3 is 5.97 Å². The number of aliphatic carboxylic acids is 1. The Balaban J connectivity index is 2.25. The van der Waals surface area contributed by atoms with E-state index in [1.165, 1.54) is 13.8 Å². The summed E-state index contributed by atoms with van der Waals surface area (Å²) < 4.78 is 31.2. The number of hydrogen-bond acceptors (Lipinski definition) is 7. The summed E-state index contributed by atoms with van der Waals surface area (Å²) >= 11 is 0. The van der Waals surface area contributed by atoms with Crippen molar-refractivity contribution in [1.29, 1.82) is 0 Å². The summed E-state index contributed by atoms with van der Waals surface area (Å²) in [6.07, 6.45) is 1.11. The smallest absolute Gasteiger partial charge is 0.327 e. The van der Waals surface area contributed by atoms with Crippen LogP contribution in [0.25, 0.3) is 0 Å². The Morgan fingerprint density at radius 2 is 2.20 bits per heavy atom. The SMILES string of the molecule is Cc1noc(C)c1S(=O)(=O)Nc1cnn(CC(=O)O)n1. The van der Waals surface area contributed by atoms with Crippen LogP contribution in [-0.4, -0.2) is 39.6 Å². The van der Waals surface area contributed by atoms with Gasteiger partial charge in [0.05, 0.1) is 6.20 Å². The molecule has 0 amide bonds. The number of anilines is 1. The summed E-state index contributed by atoms with van der Waals surface area (Å²) in [7, 11) is -3.92. The first-order chi connectivity index (χ1) is 9.29. The van der Waals surface area contributed by atoms with Crippen molar-refractivity contribution in [3.8, 4) is 0 Å². The lowest BCUT2D eigenvalue weighted by atomic mass is 10.4. The molecule has 0 aliphatic carbocycles. The molecule has 0 saturated carbocycles. The number of carboxylic acids is 1. The van der Waals surface area contributed by atoms with E-state index >= 15 is 0 Å². The number of carboxylic acid groups (broad SMARTS) is 1. The van der Waals surface area contributed by atoms with Gasteiger partial charge in [-0.1, -0.05) is 5.16 Å². The zero-order chi connectivity index (χ0) is 14.9. The Morgan fingerprint density at radius 1 is 1.50 bits per heavy atom. The molecular weight excluding hydrogens is 290 g/mol. The van der Waals surface area contributed by atoms with Gasteiger partial charge in [-0.15, -0.1) is 5.10 Å². The minimum atomic E-state index is -3.92. The molecule has 2 aromatic rings. The molecule has 108 valence electrons. The molecule has 0 aromatic carbocycles. The van der Waals surface area contributed by atoms with Gasteiger partial charge in [0.25, 0.3) is 10.0 Å². The fourth-order valence-corrected chi connectivity index (χ4v) is 2.90. The highest BCUT2D eigenvalue weighted by molar-refractivity contribution is 7.92. The van der Waals surface area contributed by atoms with Gasteiger partial charge in [0.15, 0.2) is 23.0 Å². The lowest BCUT2D eigenvalue weighted by Crippen LogP contribution is -2.16. The van der Waals surface area contributed by atoms with Crippen LogP contribution in [0.1, 0.15) is 11.5 Å². The number of hydrogen-bond donors (Lipinski definition) is 2. The van der Waals surface area contributed by atoms with Crippen molar-refractivity contribution in [2.75, 3.05) is 4.72 Å². The molecule has 0 saturated heterocycles. The van der Waals surface area contributed by atoms with Crippen LogP contribution >= 0.6 is 0 Å². The summed E-state index contributed by atoms with van der Waals surface area (Å²) in [6, 6.07) is 0.